The van der Waals surface area contributed by atoms with Gasteiger partial charge < -0.3 is 14.2 Å². The molecule has 1 saturated heterocycles. The number of hydrogen-bond acceptors (Lipinski definition) is 7. The number of nitrogens with one attached hydrogen (secondary N) is 1. The van der Waals surface area contributed by atoms with E-state index in [1.807, 2.05) is 0 Å². The van der Waals surface area contributed by atoms with E-state index in [0.717, 1.165) is 4.88 Å². The van der Waals surface area contributed by atoms with Crippen molar-refractivity contribution in [3.05, 3.63) is 46.9 Å². The summed E-state index contributed by atoms with van der Waals surface area (Å²) in [5.74, 6) is -2.94. The third-order valence-corrected chi connectivity index (χ3v) is 4.72. The van der Waals surface area contributed by atoms with Gasteiger partial charge in [0.05, 0.1) is 38.1 Å². The molecule has 0 radical (unpaired) electrons. The smallest absolute Gasteiger partial charge is 0.447 e. The maximum Gasteiger partial charge on any atom is 0.447 e. The number of carbonyl (C=O) groups excluding carboxylic acids is 1. The Bertz CT molecular complexity index is 845. The van der Waals surface area contributed by atoms with Gasteiger partial charge in [-0.2, -0.15) is 18.3 Å². The highest BCUT2D eigenvalue weighted by Gasteiger charge is 2.61. The number of thiophene rings is 1. The van der Waals surface area contributed by atoms with Crippen LogP contribution in [0.2, 0.25) is 0 Å². The predicted molar refractivity (Wildman–Crippen MR) is 95.4 cm³/mol. The van der Waals surface area contributed by atoms with Crippen LogP contribution in [0.1, 0.15) is 15.2 Å². The Morgan fingerprint density at radius 1 is 1.45 bits per heavy atom. The Hall–Kier alpha value is -2.41. The number of carbonyl (C=O) groups is 1. The monoisotopic (exact) mass is 433 g/mol. The Morgan fingerprint density at radius 2 is 2.21 bits per heavy atom. The molecule has 0 atom stereocenters. The first kappa shape index (κ1) is 21.3. The molecule has 2 aromatic rings. The lowest BCUT2D eigenvalue weighted by Gasteiger charge is -2.28. The lowest BCUT2D eigenvalue weighted by molar-refractivity contribution is -0.350. The van der Waals surface area contributed by atoms with Gasteiger partial charge in [0.2, 0.25) is 0 Å². The summed E-state index contributed by atoms with van der Waals surface area (Å²) in [7, 11) is 0. The zero-order chi connectivity index (χ0) is 20.9. The van der Waals surface area contributed by atoms with Gasteiger partial charge in [-0.25, -0.2) is 5.48 Å². The van der Waals surface area contributed by atoms with E-state index in [2.05, 4.69) is 17.2 Å². The predicted octanol–water partition coefficient (Wildman–Crippen LogP) is 2.52. The number of rotatable bonds is 9. The minimum absolute atomic E-state index is 0.147. The molecular weight excluding hydrogens is 415 g/mol. The van der Waals surface area contributed by atoms with Crippen LogP contribution in [-0.2, 0) is 20.9 Å². The van der Waals surface area contributed by atoms with Crippen molar-refractivity contribution in [1.29, 1.82) is 0 Å². The molecule has 1 N–H and O–H groups in total. The quantitative estimate of drug-likeness (QED) is 0.372. The van der Waals surface area contributed by atoms with Gasteiger partial charge in [0.25, 0.3) is 5.91 Å². The fourth-order valence-corrected chi connectivity index (χ4v) is 3.23. The molecule has 3 rings (SSSR count). The van der Waals surface area contributed by atoms with E-state index in [1.165, 1.54) is 34.5 Å². The average molecular weight is 433 g/mol. The number of aromatic nitrogens is 2. The largest absolute Gasteiger partial charge is 0.487 e. The summed E-state index contributed by atoms with van der Waals surface area (Å²) in [6, 6.07) is 1.60. The van der Waals surface area contributed by atoms with E-state index in [9.17, 15) is 18.0 Å². The summed E-state index contributed by atoms with van der Waals surface area (Å²) < 4.78 is 55.9. The first-order valence-electron chi connectivity index (χ1n) is 8.43. The van der Waals surface area contributed by atoms with Gasteiger partial charge >= 0.3 is 12.0 Å². The molecule has 8 nitrogen and oxygen atoms in total. The summed E-state index contributed by atoms with van der Waals surface area (Å²) in [4.78, 5) is 17.5. The molecular formula is C17H18F3N3O5S. The Kier molecular flexibility index (Phi) is 6.57. The van der Waals surface area contributed by atoms with Crippen molar-refractivity contribution in [1.82, 2.24) is 15.3 Å². The number of hydrogen-bond donors (Lipinski definition) is 1. The van der Waals surface area contributed by atoms with E-state index in [4.69, 9.17) is 19.0 Å². The van der Waals surface area contributed by atoms with Gasteiger partial charge in [-0.1, -0.05) is 6.08 Å². The van der Waals surface area contributed by atoms with E-state index >= 15 is 0 Å². The molecule has 0 bridgehead atoms. The number of amides is 1. The second-order valence-electron chi connectivity index (χ2n) is 5.94. The van der Waals surface area contributed by atoms with Gasteiger partial charge in [-0.15, -0.1) is 17.9 Å². The zero-order valence-corrected chi connectivity index (χ0v) is 15.9. The van der Waals surface area contributed by atoms with Crippen molar-refractivity contribution in [2.75, 3.05) is 26.4 Å². The molecule has 1 aliphatic heterocycles. The second-order valence-corrected chi connectivity index (χ2v) is 6.94. The molecule has 0 aliphatic carbocycles. The highest BCUT2D eigenvalue weighted by atomic mass is 32.1. The minimum atomic E-state index is -4.70. The standard InChI is InChI=1S/C17H18F3N3O5S/c1-2-3-28-22-15(24)12-7-21-23(8-12)9-14-6-13(10-29-14)25-11-16(17(18,19)20)26-4-5-27-16/h2,6-8,10H,1,3-5,9,11H2,(H,22,24). The van der Waals surface area contributed by atoms with E-state index < -0.39 is 24.5 Å². The van der Waals surface area contributed by atoms with Gasteiger partial charge in [0.15, 0.2) is 6.61 Å². The molecule has 1 fully saturated rings. The summed E-state index contributed by atoms with van der Waals surface area (Å²) >= 11 is 1.28. The normalized spacial score (nSPS) is 16.0. The van der Waals surface area contributed by atoms with Gasteiger partial charge in [-0.3, -0.25) is 14.3 Å². The number of ether oxygens (including phenoxy) is 3. The van der Waals surface area contributed by atoms with Crippen LogP contribution in [-0.4, -0.2) is 54.1 Å². The summed E-state index contributed by atoms with van der Waals surface area (Å²) in [6.45, 7) is 2.85. The lowest BCUT2D eigenvalue weighted by atomic mass is 10.3. The van der Waals surface area contributed by atoms with E-state index in [0.29, 0.717) is 12.1 Å². The maximum atomic E-state index is 13.2. The topological polar surface area (TPSA) is 83.8 Å². The first-order chi connectivity index (χ1) is 13.8. The van der Waals surface area contributed by atoms with Crippen molar-refractivity contribution in [3.63, 3.8) is 0 Å². The molecule has 12 heteroatoms. The fraction of sp³-hybridized carbons (Fsp3) is 0.412. The molecule has 29 heavy (non-hydrogen) atoms. The van der Waals surface area contributed by atoms with Crippen LogP contribution >= 0.6 is 11.3 Å². The number of hydroxylamine groups is 1. The molecule has 158 valence electrons. The Labute approximate surface area is 167 Å². The SMILES string of the molecule is C=CCONC(=O)c1cnn(Cc2cc(OCC3(C(F)(F)F)OCCO3)cs2)c1. The Balaban J connectivity index is 1.55. The maximum absolute atomic E-state index is 13.2. The number of nitrogens with zero attached hydrogens (tertiary/aromatic N) is 2. The van der Waals surface area contributed by atoms with E-state index in [1.54, 1.807) is 11.4 Å². The highest BCUT2D eigenvalue weighted by molar-refractivity contribution is 7.10. The van der Waals surface area contributed by atoms with Crippen LogP contribution in [0.5, 0.6) is 5.75 Å². The van der Waals surface area contributed by atoms with Crippen LogP contribution in [0.4, 0.5) is 13.2 Å². The molecule has 1 aliphatic rings. The number of halogens is 3. The number of alkyl halides is 3. The molecule has 1 amide bonds. The molecule has 0 saturated carbocycles. The van der Waals surface area contributed by atoms with Crippen LogP contribution in [0, 0.1) is 0 Å². The third-order valence-electron chi connectivity index (χ3n) is 3.82. The lowest BCUT2D eigenvalue weighted by Crippen LogP contribution is -2.51. The summed E-state index contributed by atoms with van der Waals surface area (Å²) in [5.41, 5.74) is 2.54. The molecule has 0 spiro atoms. The molecule has 0 aromatic carbocycles. The highest BCUT2D eigenvalue weighted by Crippen LogP contribution is 2.38. The molecule has 2 aromatic heterocycles. The van der Waals surface area contributed by atoms with Gasteiger partial charge in [-0.05, 0) is 6.07 Å². The van der Waals surface area contributed by atoms with Crippen LogP contribution < -0.4 is 10.2 Å². The Morgan fingerprint density at radius 3 is 2.90 bits per heavy atom. The summed E-state index contributed by atoms with van der Waals surface area (Å²) in [5, 5.41) is 5.66. The van der Waals surface area contributed by atoms with Gasteiger partial charge in [0.1, 0.15) is 5.75 Å². The van der Waals surface area contributed by atoms with Crippen molar-refractivity contribution in [2.45, 2.75) is 18.5 Å². The fourth-order valence-electron chi connectivity index (χ4n) is 2.43. The summed E-state index contributed by atoms with van der Waals surface area (Å²) in [6.07, 6.45) is -0.323. The molecule has 0 unspecified atom stereocenters. The zero-order valence-electron chi connectivity index (χ0n) is 15.1. The van der Waals surface area contributed by atoms with Crippen molar-refractivity contribution >= 4 is 17.2 Å². The van der Waals surface area contributed by atoms with Crippen molar-refractivity contribution in [3.8, 4) is 5.75 Å². The second kappa shape index (κ2) is 8.95. The first-order valence-corrected chi connectivity index (χ1v) is 9.31. The van der Waals surface area contributed by atoms with Crippen LogP contribution in [0.3, 0.4) is 0 Å². The van der Waals surface area contributed by atoms with Crippen LogP contribution in [0.25, 0.3) is 0 Å². The van der Waals surface area contributed by atoms with Gasteiger partial charge in [0, 0.05) is 16.5 Å². The van der Waals surface area contributed by atoms with Crippen LogP contribution in [0.15, 0.2) is 36.5 Å². The minimum Gasteiger partial charge on any atom is -0.487 e. The average Bonchev–Trinajstić information content (AvgIpc) is 3.41. The van der Waals surface area contributed by atoms with Crippen molar-refractivity contribution in [2.24, 2.45) is 0 Å². The third kappa shape index (κ3) is 5.15. The van der Waals surface area contributed by atoms with Crippen molar-refractivity contribution < 1.29 is 37.0 Å². The van der Waals surface area contributed by atoms with E-state index in [-0.39, 0.29) is 25.6 Å². The molecule has 3 heterocycles.